The minimum absolute atomic E-state index is 0.125. The lowest BCUT2D eigenvalue weighted by atomic mass is 10.2. The summed E-state index contributed by atoms with van der Waals surface area (Å²) in [5.74, 6) is 0.651. The predicted octanol–water partition coefficient (Wildman–Crippen LogP) is 5.05. The molecule has 0 fully saturated rings. The van der Waals surface area contributed by atoms with Gasteiger partial charge in [-0.3, -0.25) is 4.79 Å². The van der Waals surface area contributed by atoms with Crippen molar-refractivity contribution < 1.29 is 9.53 Å². The van der Waals surface area contributed by atoms with Gasteiger partial charge in [0.2, 0.25) is 0 Å². The van der Waals surface area contributed by atoms with Crippen LogP contribution in [0.3, 0.4) is 0 Å². The Morgan fingerprint density at radius 3 is 2.25 bits per heavy atom. The maximum atomic E-state index is 12.0. The summed E-state index contributed by atoms with van der Waals surface area (Å²) in [5, 5.41) is 4.04. The highest BCUT2D eigenvalue weighted by Crippen LogP contribution is 2.29. The molecule has 0 aliphatic carbocycles. The van der Waals surface area contributed by atoms with Crippen LogP contribution < -0.4 is 10.2 Å². The average Bonchev–Trinajstić information content (AvgIpc) is 2.51. The van der Waals surface area contributed by atoms with Gasteiger partial charge >= 0.3 is 0 Å². The van der Waals surface area contributed by atoms with Crippen LogP contribution in [-0.4, -0.2) is 18.2 Å². The Labute approximate surface area is 182 Å². The lowest BCUT2D eigenvalue weighted by Crippen LogP contribution is -2.17. The van der Waals surface area contributed by atoms with E-state index in [1.165, 1.54) is 0 Å². The number of rotatable bonds is 5. The number of hydrazone groups is 1. The Hall–Kier alpha value is -0.430. The van der Waals surface area contributed by atoms with E-state index in [1.807, 2.05) is 38.1 Å². The van der Waals surface area contributed by atoms with E-state index in [0.29, 0.717) is 5.56 Å². The first kappa shape index (κ1) is 19.9. The number of carbonyl (C=O) groups is 1. The second-order valence-corrected chi connectivity index (χ2v) is 8.76. The number of halogens is 3. The van der Waals surface area contributed by atoms with Crippen LogP contribution in [0.15, 0.2) is 41.5 Å². The zero-order valence-corrected chi connectivity index (χ0v) is 19.5. The van der Waals surface area contributed by atoms with Crippen molar-refractivity contribution in [1.82, 2.24) is 5.43 Å². The van der Waals surface area contributed by atoms with Gasteiger partial charge in [-0.15, -0.1) is 0 Å². The fourth-order valence-electron chi connectivity index (χ4n) is 1.83. The van der Waals surface area contributed by atoms with Gasteiger partial charge in [-0.1, -0.05) is 0 Å². The maximum absolute atomic E-state index is 12.0. The smallest absolute Gasteiger partial charge is 0.271 e. The molecule has 0 aliphatic rings. The van der Waals surface area contributed by atoms with Gasteiger partial charge in [0.05, 0.1) is 19.5 Å². The number of ether oxygens (including phenoxy) is 1. The fourth-order valence-corrected chi connectivity index (χ4v) is 4.26. The van der Waals surface area contributed by atoms with E-state index >= 15 is 0 Å². The molecule has 7 heteroatoms. The minimum Gasteiger partial charge on any atom is -0.489 e. The molecule has 0 heterocycles. The summed E-state index contributed by atoms with van der Waals surface area (Å²) < 4.78 is 8.92. The molecule has 4 nitrogen and oxygen atoms in total. The third kappa shape index (κ3) is 5.83. The Kier molecular flexibility index (Phi) is 7.72. The third-order valence-electron chi connectivity index (χ3n) is 2.86. The molecule has 0 saturated carbocycles. The van der Waals surface area contributed by atoms with Crippen molar-refractivity contribution in [3.8, 4) is 5.75 Å². The quantitative estimate of drug-likeness (QED) is 0.278. The van der Waals surface area contributed by atoms with Crippen LogP contribution >= 0.6 is 67.8 Å². The number of carbonyl (C=O) groups excluding carboxylic acids is 1. The molecule has 126 valence electrons. The highest BCUT2D eigenvalue weighted by Gasteiger charge is 2.10. The maximum Gasteiger partial charge on any atom is 0.271 e. The zero-order chi connectivity index (χ0) is 17.7. The topological polar surface area (TPSA) is 50.7 Å². The van der Waals surface area contributed by atoms with E-state index in [-0.39, 0.29) is 12.0 Å². The molecule has 0 unspecified atom stereocenters. The molecule has 1 amide bonds. The first-order chi connectivity index (χ1) is 11.4. The summed E-state index contributed by atoms with van der Waals surface area (Å²) >= 11 is 6.68. The number of nitrogens with zero attached hydrogens (tertiary/aromatic N) is 1. The molecule has 0 atom stereocenters. The highest BCUT2D eigenvalue weighted by molar-refractivity contribution is 14.1. The van der Waals surface area contributed by atoms with Crippen molar-refractivity contribution >= 4 is 79.9 Å². The van der Waals surface area contributed by atoms with Crippen LogP contribution in [0.2, 0.25) is 0 Å². The lowest BCUT2D eigenvalue weighted by Gasteiger charge is -2.14. The first-order valence-corrected chi connectivity index (χ1v) is 10.3. The molecule has 2 aromatic rings. The normalized spacial score (nSPS) is 11.1. The van der Waals surface area contributed by atoms with E-state index in [9.17, 15) is 4.79 Å². The molecule has 0 aliphatic heterocycles. The molecule has 0 bridgehead atoms. The lowest BCUT2D eigenvalue weighted by molar-refractivity contribution is 0.0955. The summed E-state index contributed by atoms with van der Waals surface area (Å²) in [7, 11) is 0. The van der Waals surface area contributed by atoms with Crippen molar-refractivity contribution in [2.24, 2.45) is 5.10 Å². The summed E-state index contributed by atoms with van der Waals surface area (Å²) in [5.41, 5.74) is 4.03. The van der Waals surface area contributed by atoms with E-state index in [4.69, 9.17) is 4.74 Å². The van der Waals surface area contributed by atoms with E-state index in [0.717, 1.165) is 22.0 Å². The van der Waals surface area contributed by atoms with Crippen LogP contribution in [-0.2, 0) is 0 Å². The van der Waals surface area contributed by atoms with Crippen LogP contribution in [0.4, 0.5) is 0 Å². The van der Waals surface area contributed by atoms with Gasteiger partial charge < -0.3 is 4.74 Å². The summed E-state index contributed by atoms with van der Waals surface area (Å²) in [6.07, 6.45) is 1.76. The van der Waals surface area contributed by atoms with Gasteiger partial charge in [0.25, 0.3) is 5.91 Å². The molecule has 24 heavy (non-hydrogen) atoms. The molecular formula is C17H15I3N2O2. The van der Waals surface area contributed by atoms with Gasteiger partial charge in [0.15, 0.2) is 0 Å². The van der Waals surface area contributed by atoms with Gasteiger partial charge in [0, 0.05) is 9.13 Å². The number of nitrogens with one attached hydrogen (secondary N) is 1. The van der Waals surface area contributed by atoms with Crippen molar-refractivity contribution in [2.75, 3.05) is 0 Å². The van der Waals surface area contributed by atoms with E-state index in [2.05, 4.69) is 78.3 Å². The van der Waals surface area contributed by atoms with Crippen molar-refractivity contribution in [1.29, 1.82) is 0 Å². The number of amides is 1. The second-order valence-electron chi connectivity index (χ2n) is 5.19. The third-order valence-corrected chi connectivity index (χ3v) is 5.18. The second kappa shape index (κ2) is 9.32. The molecule has 2 aromatic carbocycles. The van der Waals surface area contributed by atoms with Gasteiger partial charge in [-0.05, 0) is 124 Å². The van der Waals surface area contributed by atoms with Crippen molar-refractivity contribution in [3.05, 3.63) is 58.2 Å². The van der Waals surface area contributed by atoms with Gasteiger partial charge in [0.1, 0.15) is 5.75 Å². The fraction of sp³-hybridized carbons (Fsp3) is 0.176. The number of hydrogen-bond acceptors (Lipinski definition) is 3. The highest BCUT2D eigenvalue weighted by atomic mass is 127. The standard InChI is InChI=1S/C17H15I3N2O2/c1-10(2)24-16-14(19)7-11(8-15(16)20)9-21-22-17(23)12-3-5-13(18)6-4-12/h3-10H,1-2H3,(H,22,23)/b21-9-. The number of benzene rings is 2. The zero-order valence-electron chi connectivity index (χ0n) is 13.0. The van der Waals surface area contributed by atoms with E-state index in [1.54, 1.807) is 18.3 Å². The number of hydrogen-bond donors (Lipinski definition) is 1. The van der Waals surface area contributed by atoms with Crippen LogP contribution in [0.5, 0.6) is 5.75 Å². The molecular weight excluding hydrogens is 645 g/mol. The van der Waals surface area contributed by atoms with E-state index < -0.39 is 0 Å². The van der Waals surface area contributed by atoms with Crippen LogP contribution in [0.25, 0.3) is 0 Å². The molecule has 0 saturated heterocycles. The Morgan fingerprint density at radius 2 is 1.71 bits per heavy atom. The average molecular weight is 660 g/mol. The molecule has 0 spiro atoms. The summed E-state index contributed by atoms with van der Waals surface area (Å²) in [6, 6.07) is 11.3. The van der Waals surface area contributed by atoms with Gasteiger partial charge in [-0.2, -0.15) is 5.10 Å². The van der Waals surface area contributed by atoms with Crippen molar-refractivity contribution in [2.45, 2.75) is 20.0 Å². The summed E-state index contributed by atoms with van der Waals surface area (Å²) in [6.45, 7) is 4.00. The SMILES string of the molecule is CC(C)Oc1c(I)cc(/C=N\NC(=O)c2ccc(I)cc2)cc1I. The predicted molar refractivity (Wildman–Crippen MR) is 122 cm³/mol. The molecule has 0 aromatic heterocycles. The van der Waals surface area contributed by atoms with Crippen LogP contribution in [0, 0.1) is 10.7 Å². The minimum atomic E-state index is -0.230. The monoisotopic (exact) mass is 660 g/mol. The molecule has 2 rings (SSSR count). The van der Waals surface area contributed by atoms with Crippen LogP contribution in [0.1, 0.15) is 29.8 Å². The first-order valence-electron chi connectivity index (χ1n) is 7.11. The molecule has 0 radical (unpaired) electrons. The summed E-state index contributed by atoms with van der Waals surface area (Å²) in [4.78, 5) is 12.0. The Balaban J connectivity index is 2.06. The largest absolute Gasteiger partial charge is 0.489 e. The van der Waals surface area contributed by atoms with Gasteiger partial charge in [-0.25, -0.2) is 5.43 Å². The Bertz CT molecular complexity index is 736. The Morgan fingerprint density at radius 1 is 1.12 bits per heavy atom. The molecule has 1 N–H and O–H groups in total. The van der Waals surface area contributed by atoms with Crippen molar-refractivity contribution in [3.63, 3.8) is 0 Å².